The Balaban J connectivity index is 2.17. The van der Waals surface area contributed by atoms with Crippen LogP contribution < -0.4 is 4.74 Å². The van der Waals surface area contributed by atoms with Gasteiger partial charge in [0.2, 0.25) is 5.89 Å². The maximum absolute atomic E-state index is 13.8. The van der Waals surface area contributed by atoms with Crippen LogP contribution in [0.1, 0.15) is 47.5 Å². The lowest BCUT2D eigenvalue weighted by Crippen LogP contribution is -2.05. The number of halogens is 1. The highest BCUT2D eigenvalue weighted by Crippen LogP contribution is 2.24. The van der Waals surface area contributed by atoms with E-state index in [4.69, 9.17) is 9.15 Å². The third-order valence-electron chi connectivity index (χ3n) is 3.05. The number of hydrogen-bond acceptors (Lipinski definition) is 6. The van der Waals surface area contributed by atoms with Crippen molar-refractivity contribution < 1.29 is 23.1 Å². The molecular weight excluding hydrogens is 291 g/mol. The van der Waals surface area contributed by atoms with E-state index in [1.807, 2.05) is 13.8 Å². The van der Waals surface area contributed by atoms with E-state index in [0.29, 0.717) is 5.89 Å². The minimum absolute atomic E-state index is 0.00930. The maximum atomic E-state index is 13.8. The van der Waals surface area contributed by atoms with Gasteiger partial charge in [-0.05, 0) is 19.1 Å². The Hall–Kier alpha value is -2.44. The van der Waals surface area contributed by atoms with E-state index >= 15 is 0 Å². The van der Waals surface area contributed by atoms with Crippen molar-refractivity contribution in [3.8, 4) is 5.75 Å². The number of methoxy groups -OCH3 is 1. The van der Waals surface area contributed by atoms with Crippen LogP contribution in [-0.2, 0) is 11.3 Å². The van der Waals surface area contributed by atoms with Crippen molar-refractivity contribution in [3.05, 3.63) is 40.9 Å². The summed E-state index contributed by atoms with van der Waals surface area (Å²) in [5.74, 6) is -0.0560. The number of carbonyl (C=O) groups excluding carboxylic acids is 1. The fourth-order valence-corrected chi connectivity index (χ4v) is 1.74. The van der Waals surface area contributed by atoms with Gasteiger partial charge in [0.25, 0.3) is 5.89 Å². The molecule has 2 rings (SSSR count). The van der Waals surface area contributed by atoms with E-state index in [2.05, 4.69) is 14.9 Å². The number of carbonyl (C=O) groups is 1. The Morgan fingerprint density at radius 3 is 2.68 bits per heavy atom. The standard InChI is InChI=1S/C15H17FN2O4/c1-8(2)14-18-17-13(22-14)7-21-12-6-10(15(19)20-4)5-11(16)9(12)3/h5-6,8H,7H2,1-4H3. The summed E-state index contributed by atoms with van der Waals surface area (Å²) in [7, 11) is 1.23. The summed E-state index contributed by atoms with van der Waals surface area (Å²) in [6, 6.07) is 2.53. The molecule has 0 saturated carbocycles. The summed E-state index contributed by atoms with van der Waals surface area (Å²) >= 11 is 0. The molecule has 1 aromatic carbocycles. The molecule has 0 radical (unpaired) electrons. The lowest BCUT2D eigenvalue weighted by atomic mass is 10.1. The van der Waals surface area contributed by atoms with Crippen molar-refractivity contribution in [2.24, 2.45) is 0 Å². The quantitative estimate of drug-likeness (QED) is 0.790. The van der Waals surface area contributed by atoms with Gasteiger partial charge in [-0.3, -0.25) is 0 Å². The van der Waals surface area contributed by atoms with Crippen LogP contribution >= 0.6 is 0 Å². The normalized spacial score (nSPS) is 10.8. The highest BCUT2D eigenvalue weighted by molar-refractivity contribution is 5.90. The average molecular weight is 308 g/mol. The van der Waals surface area contributed by atoms with Gasteiger partial charge in [-0.2, -0.15) is 0 Å². The molecule has 0 aliphatic heterocycles. The number of benzene rings is 1. The van der Waals surface area contributed by atoms with Crippen molar-refractivity contribution in [3.63, 3.8) is 0 Å². The third kappa shape index (κ3) is 3.41. The zero-order valence-corrected chi connectivity index (χ0v) is 12.8. The van der Waals surface area contributed by atoms with Gasteiger partial charge < -0.3 is 13.9 Å². The van der Waals surface area contributed by atoms with Crippen molar-refractivity contribution in [1.29, 1.82) is 0 Å². The molecule has 0 unspecified atom stereocenters. The maximum Gasteiger partial charge on any atom is 0.338 e. The monoisotopic (exact) mass is 308 g/mol. The first kappa shape index (κ1) is 15.9. The summed E-state index contributed by atoms with van der Waals surface area (Å²) < 4.78 is 29.3. The van der Waals surface area contributed by atoms with E-state index in [1.165, 1.54) is 13.2 Å². The van der Waals surface area contributed by atoms with Gasteiger partial charge in [0.1, 0.15) is 11.6 Å². The van der Waals surface area contributed by atoms with Gasteiger partial charge in [0.15, 0.2) is 6.61 Å². The Labute approximate surface area is 127 Å². The van der Waals surface area contributed by atoms with Gasteiger partial charge in [-0.25, -0.2) is 9.18 Å². The van der Waals surface area contributed by atoms with Gasteiger partial charge in [-0.1, -0.05) is 13.8 Å². The molecule has 0 N–H and O–H groups in total. The number of ether oxygens (including phenoxy) is 2. The molecule has 1 aromatic heterocycles. The summed E-state index contributed by atoms with van der Waals surface area (Å²) in [5, 5.41) is 7.73. The van der Waals surface area contributed by atoms with Gasteiger partial charge in [-0.15, -0.1) is 10.2 Å². The fraction of sp³-hybridized carbons (Fsp3) is 0.400. The topological polar surface area (TPSA) is 74.5 Å². The van der Waals surface area contributed by atoms with E-state index in [9.17, 15) is 9.18 Å². The molecule has 7 heteroatoms. The molecule has 0 fully saturated rings. The molecule has 6 nitrogen and oxygen atoms in total. The van der Waals surface area contributed by atoms with E-state index < -0.39 is 11.8 Å². The zero-order valence-electron chi connectivity index (χ0n) is 12.8. The largest absolute Gasteiger partial charge is 0.483 e. The van der Waals surface area contributed by atoms with Crippen LogP contribution in [0.25, 0.3) is 0 Å². The summed E-state index contributed by atoms with van der Waals surface area (Å²) in [4.78, 5) is 11.5. The molecule has 0 spiro atoms. The molecule has 0 atom stereocenters. The second-order valence-corrected chi connectivity index (χ2v) is 5.05. The lowest BCUT2D eigenvalue weighted by molar-refractivity contribution is 0.0599. The van der Waals surface area contributed by atoms with Crippen LogP contribution in [-0.4, -0.2) is 23.3 Å². The average Bonchev–Trinajstić information content (AvgIpc) is 2.97. The SMILES string of the molecule is COC(=O)c1cc(F)c(C)c(OCc2nnc(C(C)C)o2)c1. The first-order chi connectivity index (χ1) is 10.4. The Morgan fingerprint density at radius 1 is 1.36 bits per heavy atom. The van der Waals surface area contributed by atoms with Crippen LogP contribution in [0, 0.1) is 12.7 Å². The van der Waals surface area contributed by atoms with Gasteiger partial charge in [0.05, 0.1) is 12.7 Å². The number of hydrogen-bond donors (Lipinski definition) is 0. The van der Waals surface area contributed by atoms with Crippen LogP contribution in [0.2, 0.25) is 0 Å². The van der Waals surface area contributed by atoms with Crippen LogP contribution in [0.4, 0.5) is 4.39 Å². The summed E-state index contributed by atoms with van der Waals surface area (Å²) in [6.45, 7) is 5.40. The van der Waals surface area contributed by atoms with Crippen LogP contribution in [0.3, 0.4) is 0 Å². The van der Waals surface area contributed by atoms with E-state index in [-0.39, 0.29) is 35.3 Å². The van der Waals surface area contributed by atoms with Crippen molar-refractivity contribution in [2.45, 2.75) is 33.3 Å². The molecule has 118 valence electrons. The first-order valence-corrected chi connectivity index (χ1v) is 6.76. The number of esters is 1. The first-order valence-electron chi connectivity index (χ1n) is 6.76. The van der Waals surface area contributed by atoms with E-state index in [0.717, 1.165) is 6.07 Å². The Bertz CT molecular complexity index is 682. The Kier molecular flexibility index (Phi) is 4.75. The molecular formula is C15H17FN2O4. The minimum Gasteiger partial charge on any atom is -0.483 e. The predicted molar refractivity (Wildman–Crippen MR) is 75.2 cm³/mol. The number of aromatic nitrogens is 2. The third-order valence-corrected chi connectivity index (χ3v) is 3.05. The van der Waals surface area contributed by atoms with Crippen molar-refractivity contribution in [1.82, 2.24) is 10.2 Å². The zero-order chi connectivity index (χ0) is 16.3. The number of nitrogens with zero attached hydrogens (tertiary/aromatic N) is 2. The molecule has 1 heterocycles. The minimum atomic E-state index is -0.636. The lowest BCUT2D eigenvalue weighted by Gasteiger charge is -2.10. The van der Waals surface area contributed by atoms with Crippen LogP contribution in [0.15, 0.2) is 16.5 Å². The smallest absolute Gasteiger partial charge is 0.338 e. The molecule has 0 saturated heterocycles. The summed E-state index contributed by atoms with van der Waals surface area (Å²) in [6.07, 6.45) is 0. The molecule has 0 amide bonds. The van der Waals surface area contributed by atoms with Crippen molar-refractivity contribution >= 4 is 5.97 Å². The van der Waals surface area contributed by atoms with Gasteiger partial charge >= 0.3 is 5.97 Å². The van der Waals surface area contributed by atoms with Gasteiger partial charge in [0, 0.05) is 11.5 Å². The highest BCUT2D eigenvalue weighted by atomic mass is 19.1. The highest BCUT2D eigenvalue weighted by Gasteiger charge is 2.15. The number of rotatable bonds is 5. The van der Waals surface area contributed by atoms with E-state index in [1.54, 1.807) is 6.92 Å². The molecule has 0 aliphatic rings. The predicted octanol–water partition coefficient (Wildman–Crippen LogP) is 3.01. The molecule has 0 aliphatic carbocycles. The molecule has 22 heavy (non-hydrogen) atoms. The Morgan fingerprint density at radius 2 is 2.09 bits per heavy atom. The fourth-order valence-electron chi connectivity index (χ4n) is 1.74. The molecule has 0 bridgehead atoms. The second-order valence-electron chi connectivity index (χ2n) is 5.05. The molecule has 2 aromatic rings. The van der Waals surface area contributed by atoms with Crippen LogP contribution in [0.5, 0.6) is 5.75 Å². The second kappa shape index (κ2) is 6.55. The van der Waals surface area contributed by atoms with Crippen molar-refractivity contribution in [2.75, 3.05) is 7.11 Å². The summed E-state index contributed by atoms with van der Waals surface area (Å²) in [5.41, 5.74) is 0.366.